The summed E-state index contributed by atoms with van der Waals surface area (Å²) in [6.07, 6.45) is 0.886. The van der Waals surface area contributed by atoms with Gasteiger partial charge in [0, 0.05) is 32.9 Å². The molecule has 0 saturated carbocycles. The number of anilines is 1. The van der Waals surface area contributed by atoms with Crippen LogP contribution in [0.3, 0.4) is 0 Å². The highest BCUT2D eigenvalue weighted by atomic mass is 32.2. The van der Waals surface area contributed by atoms with Crippen LogP contribution in [0, 0.1) is 0 Å². The standard InChI is InChI=1S/C17H27N5O4S/c1-20(2)17(24)13-22-9-3-8-21(10-11-22)12-16(23)19-14-4-6-15(7-5-14)27(18,25)26/h4-7H,3,8-13H2,1-2H3,(H,19,23)(H2,18,25,26). The third-order valence-electron chi connectivity index (χ3n) is 4.37. The molecule has 1 aliphatic rings. The number of hydrogen-bond donors (Lipinski definition) is 2. The number of nitrogens with two attached hydrogens (primary N) is 1. The molecule has 1 aromatic rings. The van der Waals surface area contributed by atoms with Crippen LogP contribution in [0.5, 0.6) is 0 Å². The Morgan fingerprint density at radius 1 is 1.04 bits per heavy atom. The molecular weight excluding hydrogens is 370 g/mol. The molecule has 150 valence electrons. The van der Waals surface area contributed by atoms with Gasteiger partial charge < -0.3 is 10.2 Å². The highest BCUT2D eigenvalue weighted by molar-refractivity contribution is 7.89. The first-order chi connectivity index (χ1) is 12.6. The van der Waals surface area contributed by atoms with E-state index in [1.165, 1.54) is 24.3 Å². The predicted molar refractivity (Wildman–Crippen MR) is 103 cm³/mol. The SMILES string of the molecule is CN(C)C(=O)CN1CCCN(CC(=O)Nc2ccc(S(N)(=O)=O)cc2)CC1. The number of amides is 2. The molecule has 1 saturated heterocycles. The van der Waals surface area contributed by atoms with Gasteiger partial charge in [-0.1, -0.05) is 0 Å². The van der Waals surface area contributed by atoms with Crippen LogP contribution >= 0.6 is 0 Å². The summed E-state index contributed by atoms with van der Waals surface area (Å²) < 4.78 is 22.5. The number of hydrogen-bond acceptors (Lipinski definition) is 6. The molecule has 1 heterocycles. The number of nitrogens with zero attached hydrogens (tertiary/aromatic N) is 3. The van der Waals surface area contributed by atoms with Gasteiger partial charge in [0.2, 0.25) is 21.8 Å². The maximum absolute atomic E-state index is 12.3. The molecule has 0 spiro atoms. The van der Waals surface area contributed by atoms with Gasteiger partial charge in [0.15, 0.2) is 0 Å². The van der Waals surface area contributed by atoms with E-state index in [4.69, 9.17) is 5.14 Å². The molecule has 3 N–H and O–H groups in total. The lowest BCUT2D eigenvalue weighted by molar-refractivity contribution is -0.129. The Labute approximate surface area is 160 Å². The fourth-order valence-corrected chi connectivity index (χ4v) is 3.32. The predicted octanol–water partition coefficient (Wildman–Crippen LogP) is -0.632. The summed E-state index contributed by atoms with van der Waals surface area (Å²) in [5, 5.41) is 7.81. The van der Waals surface area contributed by atoms with Crippen LogP contribution in [0.4, 0.5) is 5.69 Å². The Kier molecular flexibility index (Phi) is 7.31. The lowest BCUT2D eigenvalue weighted by atomic mass is 10.3. The van der Waals surface area contributed by atoms with E-state index in [9.17, 15) is 18.0 Å². The van der Waals surface area contributed by atoms with Crippen LogP contribution in [0.25, 0.3) is 0 Å². The Bertz CT molecular complexity index is 764. The largest absolute Gasteiger partial charge is 0.348 e. The van der Waals surface area contributed by atoms with E-state index in [0.717, 1.165) is 26.1 Å². The molecule has 1 aliphatic heterocycles. The van der Waals surface area contributed by atoms with Crippen molar-refractivity contribution in [1.29, 1.82) is 0 Å². The van der Waals surface area contributed by atoms with E-state index < -0.39 is 10.0 Å². The van der Waals surface area contributed by atoms with Crippen molar-refractivity contribution in [3.63, 3.8) is 0 Å². The van der Waals surface area contributed by atoms with E-state index in [2.05, 4.69) is 10.2 Å². The fourth-order valence-electron chi connectivity index (χ4n) is 2.80. The minimum absolute atomic E-state index is 0.000352. The summed E-state index contributed by atoms with van der Waals surface area (Å²) in [6.45, 7) is 3.68. The second kappa shape index (κ2) is 9.27. The van der Waals surface area contributed by atoms with Crippen LogP contribution in [0.2, 0.25) is 0 Å². The number of carbonyl (C=O) groups is 2. The third-order valence-corrected chi connectivity index (χ3v) is 5.30. The average Bonchev–Trinajstić information content (AvgIpc) is 2.79. The van der Waals surface area contributed by atoms with Crippen LogP contribution in [0.1, 0.15) is 6.42 Å². The third kappa shape index (κ3) is 6.90. The van der Waals surface area contributed by atoms with Crippen LogP contribution in [-0.2, 0) is 19.6 Å². The molecule has 10 heteroatoms. The highest BCUT2D eigenvalue weighted by Gasteiger charge is 2.19. The Hall–Kier alpha value is -2.01. The van der Waals surface area contributed by atoms with Gasteiger partial charge in [0.05, 0.1) is 18.0 Å². The fraction of sp³-hybridized carbons (Fsp3) is 0.529. The highest BCUT2D eigenvalue weighted by Crippen LogP contribution is 2.13. The Morgan fingerprint density at radius 3 is 2.11 bits per heavy atom. The molecule has 2 amide bonds. The number of benzene rings is 1. The maximum atomic E-state index is 12.3. The number of carbonyl (C=O) groups excluding carboxylic acids is 2. The van der Waals surface area contributed by atoms with Crippen LogP contribution < -0.4 is 10.5 Å². The first-order valence-electron chi connectivity index (χ1n) is 8.73. The van der Waals surface area contributed by atoms with Crippen molar-refractivity contribution in [1.82, 2.24) is 14.7 Å². The van der Waals surface area contributed by atoms with Gasteiger partial charge in [-0.2, -0.15) is 0 Å². The number of nitrogens with one attached hydrogen (secondary N) is 1. The van der Waals surface area contributed by atoms with Crippen molar-refractivity contribution in [3.05, 3.63) is 24.3 Å². The first-order valence-corrected chi connectivity index (χ1v) is 10.3. The van der Waals surface area contributed by atoms with Crippen molar-refractivity contribution in [2.24, 2.45) is 5.14 Å². The zero-order chi connectivity index (χ0) is 20.0. The zero-order valence-corrected chi connectivity index (χ0v) is 16.5. The summed E-state index contributed by atoms with van der Waals surface area (Å²) in [4.78, 5) is 29.8. The minimum Gasteiger partial charge on any atom is -0.348 e. The molecule has 0 unspecified atom stereocenters. The quantitative estimate of drug-likeness (QED) is 0.660. The van der Waals surface area contributed by atoms with Gasteiger partial charge in [-0.05, 0) is 43.8 Å². The van der Waals surface area contributed by atoms with E-state index in [0.29, 0.717) is 18.8 Å². The van der Waals surface area contributed by atoms with Gasteiger partial charge in [-0.25, -0.2) is 13.6 Å². The van der Waals surface area contributed by atoms with E-state index in [-0.39, 0.29) is 23.3 Å². The lowest BCUT2D eigenvalue weighted by Crippen LogP contribution is -2.39. The summed E-state index contributed by atoms with van der Waals surface area (Å²) in [6, 6.07) is 5.73. The summed E-state index contributed by atoms with van der Waals surface area (Å²) in [5.74, 6) is -0.0969. The molecule has 9 nitrogen and oxygen atoms in total. The summed E-state index contributed by atoms with van der Waals surface area (Å²) >= 11 is 0. The van der Waals surface area contributed by atoms with Crippen molar-refractivity contribution in [3.8, 4) is 0 Å². The van der Waals surface area contributed by atoms with Gasteiger partial charge in [-0.15, -0.1) is 0 Å². The second-order valence-corrected chi connectivity index (χ2v) is 8.37. The van der Waals surface area contributed by atoms with Gasteiger partial charge >= 0.3 is 0 Å². The first kappa shape index (κ1) is 21.3. The monoisotopic (exact) mass is 397 g/mol. The smallest absolute Gasteiger partial charge is 0.238 e. The van der Waals surface area contributed by atoms with Crippen molar-refractivity contribution in [2.45, 2.75) is 11.3 Å². The lowest BCUT2D eigenvalue weighted by Gasteiger charge is -2.22. The molecule has 1 fully saturated rings. The van der Waals surface area contributed by atoms with Gasteiger partial charge in [0.1, 0.15) is 0 Å². The van der Waals surface area contributed by atoms with Crippen molar-refractivity contribution in [2.75, 3.05) is 58.7 Å². The van der Waals surface area contributed by atoms with Gasteiger partial charge in [0.25, 0.3) is 0 Å². The Balaban J connectivity index is 1.83. The molecule has 27 heavy (non-hydrogen) atoms. The second-order valence-electron chi connectivity index (χ2n) is 6.81. The topological polar surface area (TPSA) is 116 Å². The van der Waals surface area contributed by atoms with Crippen molar-refractivity contribution >= 4 is 27.5 Å². The number of sulfonamides is 1. The molecule has 0 atom stereocenters. The van der Waals surface area contributed by atoms with Crippen molar-refractivity contribution < 1.29 is 18.0 Å². The molecular formula is C17H27N5O4S. The number of primary sulfonamides is 1. The molecule has 0 aliphatic carbocycles. The van der Waals surface area contributed by atoms with Gasteiger partial charge in [-0.3, -0.25) is 19.4 Å². The molecule has 0 radical (unpaired) electrons. The molecule has 2 rings (SSSR count). The van der Waals surface area contributed by atoms with Crippen LogP contribution in [0.15, 0.2) is 29.2 Å². The zero-order valence-electron chi connectivity index (χ0n) is 15.7. The number of rotatable bonds is 6. The summed E-state index contributed by atoms with van der Waals surface area (Å²) in [7, 11) is -0.262. The van der Waals surface area contributed by atoms with E-state index >= 15 is 0 Å². The molecule has 0 bridgehead atoms. The van der Waals surface area contributed by atoms with Crippen LogP contribution in [-0.4, -0.2) is 88.3 Å². The average molecular weight is 398 g/mol. The normalized spacial score (nSPS) is 16.6. The number of likely N-dealkylation sites (N-methyl/N-ethyl adjacent to an activating group) is 1. The summed E-state index contributed by atoms with van der Waals surface area (Å²) in [5.41, 5.74) is 0.514. The minimum atomic E-state index is -3.75. The Morgan fingerprint density at radius 2 is 1.59 bits per heavy atom. The van der Waals surface area contributed by atoms with E-state index in [1.54, 1.807) is 19.0 Å². The van der Waals surface area contributed by atoms with E-state index in [1.807, 2.05) is 4.90 Å². The molecule has 0 aromatic heterocycles. The maximum Gasteiger partial charge on any atom is 0.238 e. The molecule has 1 aromatic carbocycles.